The number of methoxy groups -OCH3 is 1. The second kappa shape index (κ2) is 8.49. The Kier molecular flexibility index (Phi) is 6.18. The largest absolute Gasteiger partial charge is 0.465 e. The molecule has 1 aromatic heterocycles. The standard InChI is InChI=1S/C25H27ClN2O2/c1-16-13-19(15-27-23-14-18(24(29)30-6)7-12-22(23)26)17(2)28(16)21-10-8-20(9-11-21)25(3,4)5/h7-15H,1-6H3. The van der Waals surface area contributed by atoms with Crippen molar-refractivity contribution in [3.8, 4) is 5.69 Å². The first kappa shape index (κ1) is 21.8. The van der Waals surface area contributed by atoms with E-state index in [9.17, 15) is 4.79 Å². The number of nitrogens with zero attached hydrogens (tertiary/aromatic N) is 2. The van der Waals surface area contributed by atoms with E-state index in [1.54, 1.807) is 24.4 Å². The molecule has 156 valence electrons. The van der Waals surface area contributed by atoms with Gasteiger partial charge < -0.3 is 9.30 Å². The molecule has 2 aromatic carbocycles. The van der Waals surface area contributed by atoms with Crippen LogP contribution in [0, 0.1) is 13.8 Å². The molecule has 0 atom stereocenters. The van der Waals surface area contributed by atoms with Crippen LogP contribution in [0.2, 0.25) is 5.02 Å². The summed E-state index contributed by atoms with van der Waals surface area (Å²) in [5.74, 6) is -0.417. The molecule has 0 amide bonds. The Labute approximate surface area is 183 Å². The van der Waals surface area contributed by atoms with E-state index in [0.29, 0.717) is 16.3 Å². The lowest BCUT2D eigenvalue weighted by molar-refractivity contribution is 0.0601. The minimum Gasteiger partial charge on any atom is -0.465 e. The second-order valence-electron chi connectivity index (χ2n) is 8.37. The van der Waals surface area contributed by atoms with Gasteiger partial charge in [0.2, 0.25) is 0 Å². The molecule has 0 radical (unpaired) electrons. The zero-order valence-corrected chi connectivity index (χ0v) is 19.0. The summed E-state index contributed by atoms with van der Waals surface area (Å²) in [7, 11) is 1.35. The van der Waals surface area contributed by atoms with Crippen LogP contribution < -0.4 is 0 Å². The highest BCUT2D eigenvalue weighted by atomic mass is 35.5. The van der Waals surface area contributed by atoms with Crippen LogP contribution in [0.3, 0.4) is 0 Å². The molecule has 1 heterocycles. The smallest absolute Gasteiger partial charge is 0.337 e. The molecule has 3 aromatic rings. The summed E-state index contributed by atoms with van der Waals surface area (Å²) in [6, 6.07) is 15.7. The maximum absolute atomic E-state index is 11.8. The Morgan fingerprint density at radius 2 is 1.73 bits per heavy atom. The molecule has 0 aliphatic carbocycles. The first-order valence-electron chi connectivity index (χ1n) is 9.83. The molecule has 5 heteroatoms. The minimum atomic E-state index is -0.417. The Hall–Kier alpha value is -2.85. The van der Waals surface area contributed by atoms with E-state index in [4.69, 9.17) is 16.3 Å². The van der Waals surface area contributed by atoms with Gasteiger partial charge >= 0.3 is 5.97 Å². The van der Waals surface area contributed by atoms with Gasteiger partial charge in [0, 0.05) is 28.9 Å². The predicted molar refractivity (Wildman–Crippen MR) is 124 cm³/mol. The maximum Gasteiger partial charge on any atom is 0.337 e. The molecule has 0 aliphatic rings. The summed E-state index contributed by atoms with van der Waals surface area (Å²) in [4.78, 5) is 16.3. The molecule has 30 heavy (non-hydrogen) atoms. The number of hydrogen-bond donors (Lipinski definition) is 0. The summed E-state index contributed by atoms with van der Waals surface area (Å²) < 4.78 is 6.98. The van der Waals surface area contributed by atoms with Gasteiger partial charge in [-0.15, -0.1) is 0 Å². The SMILES string of the molecule is COC(=O)c1ccc(Cl)c(N=Cc2cc(C)n(-c3ccc(C(C)(C)C)cc3)c2C)c1. The first-order valence-corrected chi connectivity index (χ1v) is 10.2. The fourth-order valence-electron chi connectivity index (χ4n) is 3.42. The monoisotopic (exact) mass is 422 g/mol. The van der Waals surface area contributed by atoms with Crippen molar-refractivity contribution in [3.05, 3.63) is 81.6 Å². The fourth-order valence-corrected chi connectivity index (χ4v) is 3.59. The first-order chi connectivity index (χ1) is 14.1. The Morgan fingerprint density at radius 3 is 2.33 bits per heavy atom. The highest BCUT2D eigenvalue weighted by molar-refractivity contribution is 6.33. The molecule has 3 rings (SSSR count). The highest BCUT2D eigenvalue weighted by Crippen LogP contribution is 2.28. The molecule has 0 saturated heterocycles. The Balaban J connectivity index is 1.94. The number of aryl methyl sites for hydroxylation is 1. The van der Waals surface area contributed by atoms with Gasteiger partial charge in [-0.25, -0.2) is 4.79 Å². The molecule has 0 saturated carbocycles. The van der Waals surface area contributed by atoms with E-state index < -0.39 is 5.97 Å². The van der Waals surface area contributed by atoms with E-state index in [1.807, 2.05) is 0 Å². The van der Waals surface area contributed by atoms with Crippen LogP contribution in [0.1, 0.15) is 53.6 Å². The number of hydrogen-bond acceptors (Lipinski definition) is 3. The van der Waals surface area contributed by atoms with Crippen LogP contribution in [0.4, 0.5) is 5.69 Å². The van der Waals surface area contributed by atoms with Crippen molar-refractivity contribution >= 4 is 29.5 Å². The fraction of sp³-hybridized carbons (Fsp3) is 0.280. The number of aliphatic imine (C=N–C) groups is 1. The molecule has 0 bridgehead atoms. The summed E-state index contributed by atoms with van der Waals surface area (Å²) >= 11 is 6.26. The van der Waals surface area contributed by atoms with E-state index in [2.05, 4.69) is 74.5 Å². The van der Waals surface area contributed by atoms with Crippen LogP contribution in [-0.2, 0) is 10.2 Å². The van der Waals surface area contributed by atoms with Gasteiger partial charge in [-0.3, -0.25) is 4.99 Å². The van der Waals surface area contributed by atoms with Crippen molar-refractivity contribution in [3.63, 3.8) is 0 Å². The molecule has 0 spiro atoms. The molecular weight excluding hydrogens is 396 g/mol. The van der Waals surface area contributed by atoms with E-state index in [0.717, 1.165) is 22.6 Å². The normalized spacial score (nSPS) is 11.8. The number of rotatable bonds is 4. The van der Waals surface area contributed by atoms with Gasteiger partial charge in [-0.1, -0.05) is 44.5 Å². The van der Waals surface area contributed by atoms with Crippen molar-refractivity contribution in [2.45, 2.75) is 40.0 Å². The Morgan fingerprint density at radius 1 is 1.07 bits per heavy atom. The maximum atomic E-state index is 11.8. The zero-order chi connectivity index (χ0) is 22.1. The van der Waals surface area contributed by atoms with Crippen LogP contribution in [0.5, 0.6) is 0 Å². The number of benzene rings is 2. The van der Waals surface area contributed by atoms with Crippen molar-refractivity contribution < 1.29 is 9.53 Å². The molecule has 4 nitrogen and oxygen atoms in total. The van der Waals surface area contributed by atoms with Crippen molar-refractivity contribution in [2.75, 3.05) is 7.11 Å². The number of halogens is 1. The minimum absolute atomic E-state index is 0.120. The zero-order valence-electron chi connectivity index (χ0n) is 18.3. The van der Waals surface area contributed by atoms with Gasteiger partial charge in [0.1, 0.15) is 0 Å². The highest BCUT2D eigenvalue weighted by Gasteiger charge is 2.15. The van der Waals surface area contributed by atoms with Gasteiger partial charge in [0.15, 0.2) is 0 Å². The van der Waals surface area contributed by atoms with Gasteiger partial charge in [-0.2, -0.15) is 0 Å². The molecule has 0 fully saturated rings. The number of ether oxygens (including phenoxy) is 1. The number of aromatic nitrogens is 1. The lowest BCUT2D eigenvalue weighted by Gasteiger charge is -2.20. The lowest BCUT2D eigenvalue weighted by Crippen LogP contribution is -2.11. The average Bonchev–Trinajstić information content (AvgIpc) is 2.99. The Bertz CT molecular complexity index is 1100. The van der Waals surface area contributed by atoms with Crippen molar-refractivity contribution in [2.24, 2.45) is 4.99 Å². The summed E-state index contributed by atoms with van der Waals surface area (Å²) in [5.41, 5.74) is 6.67. The van der Waals surface area contributed by atoms with Gasteiger partial charge in [0.25, 0.3) is 0 Å². The number of carbonyl (C=O) groups is 1. The third-order valence-electron chi connectivity index (χ3n) is 5.17. The van der Waals surface area contributed by atoms with Crippen molar-refractivity contribution in [1.82, 2.24) is 4.57 Å². The number of esters is 1. The third kappa shape index (κ3) is 4.49. The third-order valence-corrected chi connectivity index (χ3v) is 5.49. The average molecular weight is 423 g/mol. The molecule has 0 N–H and O–H groups in total. The second-order valence-corrected chi connectivity index (χ2v) is 8.78. The van der Waals surface area contributed by atoms with Gasteiger partial charge in [-0.05, 0) is 61.2 Å². The summed E-state index contributed by atoms with van der Waals surface area (Å²) in [6.07, 6.45) is 1.78. The summed E-state index contributed by atoms with van der Waals surface area (Å²) in [6.45, 7) is 10.8. The number of carbonyl (C=O) groups excluding carboxylic acids is 1. The summed E-state index contributed by atoms with van der Waals surface area (Å²) in [5, 5.41) is 0.477. The quantitative estimate of drug-likeness (QED) is 0.352. The van der Waals surface area contributed by atoms with E-state index >= 15 is 0 Å². The predicted octanol–water partition coefficient (Wildman–Crippen LogP) is 6.58. The molecule has 0 unspecified atom stereocenters. The molecule has 0 aliphatic heterocycles. The van der Waals surface area contributed by atoms with E-state index in [1.165, 1.54) is 12.7 Å². The van der Waals surface area contributed by atoms with Crippen LogP contribution in [-0.4, -0.2) is 23.9 Å². The van der Waals surface area contributed by atoms with Crippen LogP contribution in [0.15, 0.2) is 53.5 Å². The molecular formula is C25H27ClN2O2. The topological polar surface area (TPSA) is 43.6 Å². The van der Waals surface area contributed by atoms with Crippen molar-refractivity contribution in [1.29, 1.82) is 0 Å². The van der Waals surface area contributed by atoms with E-state index in [-0.39, 0.29) is 5.41 Å². The van der Waals surface area contributed by atoms with Crippen LogP contribution >= 0.6 is 11.6 Å². The lowest BCUT2D eigenvalue weighted by atomic mass is 9.87. The van der Waals surface area contributed by atoms with Gasteiger partial charge in [0.05, 0.1) is 23.4 Å². The van der Waals surface area contributed by atoms with Crippen LogP contribution in [0.25, 0.3) is 5.69 Å².